The van der Waals surface area contributed by atoms with Gasteiger partial charge in [-0.15, -0.1) is 0 Å². The van der Waals surface area contributed by atoms with Crippen molar-refractivity contribution >= 4 is 5.91 Å². The zero-order valence-corrected chi connectivity index (χ0v) is 8.09. The monoisotopic (exact) mass is 182 g/mol. The summed E-state index contributed by atoms with van der Waals surface area (Å²) in [5, 5.41) is 8.84. The van der Waals surface area contributed by atoms with Crippen molar-refractivity contribution in [3.63, 3.8) is 0 Å². The van der Waals surface area contributed by atoms with E-state index in [1.54, 1.807) is 0 Å². The van der Waals surface area contributed by atoms with Gasteiger partial charge in [0.15, 0.2) is 0 Å². The average molecular weight is 182 g/mol. The maximum absolute atomic E-state index is 11.3. The van der Waals surface area contributed by atoms with E-state index in [9.17, 15) is 4.79 Å². The van der Waals surface area contributed by atoms with E-state index in [0.717, 1.165) is 0 Å². The summed E-state index contributed by atoms with van der Waals surface area (Å²) in [6.07, 6.45) is 1.31. The number of rotatable bonds is 2. The summed E-state index contributed by atoms with van der Waals surface area (Å²) in [6.45, 7) is 6.77. The van der Waals surface area contributed by atoms with E-state index in [-0.39, 0.29) is 17.1 Å². The van der Waals surface area contributed by atoms with Crippen molar-refractivity contribution in [3.8, 4) is 0 Å². The Balaban J connectivity index is 2.44. The maximum Gasteiger partial charge on any atom is 0.288 e. The fourth-order valence-electron chi connectivity index (χ4n) is 0.744. The summed E-state index contributed by atoms with van der Waals surface area (Å²) in [5.74, 6) is 0.0386. The lowest BCUT2D eigenvalue weighted by Crippen LogP contribution is -2.32. The number of aromatic nitrogens is 3. The number of hydrogen-bond acceptors (Lipinski definition) is 3. The number of aromatic amines is 1. The van der Waals surface area contributed by atoms with Crippen LogP contribution in [-0.4, -0.2) is 27.6 Å². The standard InChI is InChI=1S/C8H14N4O/c1-8(2,3)4-9-7(13)6-10-5-11-12-6/h5H,4H2,1-3H3,(H,9,13)(H,10,11,12). The molecule has 1 amide bonds. The summed E-state index contributed by atoms with van der Waals surface area (Å²) >= 11 is 0. The number of nitrogens with one attached hydrogen (secondary N) is 2. The topological polar surface area (TPSA) is 70.7 Å². The lowest BCUT2D eigenvalue weighted by molar-refractivity contribution is 0.0929. The van der Waals surface area contributed by atoms with Gasteiger partial charge in [-0.2, -0.15) is 5.10 Å². The fourth-order valence-corrected chi connectivity index (χ4v) is 0.744. The first-order valence-electron chi connectivity index (χ1n) is 4.12. The van der Waals surface area contributed by atoms with Gasteiger partial charge in [-0.25, -0.2) is 4.98 Å². The minimum atomic E-state index is -0.215. The van der Waals surface area contributed by atoms with Crippen LogP contribution in [0.2, 0.25) is 0 Å². The minimum absolute atomic E-state index is 0.0790. The largest absolute Gasteiger partial charge is 0.349 e. The van der Waals surface area contributed by atoms with Crippen LogP contribution in [0, 0.1) is 5.41 Å². The second-order valence-electron chi connectivity index (χ2n) is 4.08. The molecule has 72 valence electrons. The van der Waals surface area contributed by atoms with Crippen molar-refractivity contribution in [1.29, 1.82) is 0 Å². The number of amides is 1. The molecule has 0 fully saturated rings. The van der Waals surface area contributed by atoms with Crippen molar-refractivity contribution in [2.45, 2.75) is 20.8 Å². The maximum atomic E-state index is 11.3. The van der Waals surface area contributed by atoms with Crippen molar-refractivity contribution in [1.82, 2.24) is 20.5 Å². The van der Waals surface area contributed by atoms with Gasteiger partial charge in [-0.1, -0.05) is 20.8 Å². The van der Waals surface area contributed by atoms with Crippen molar-refractivity contribution in [2.24, 2.45) is 5.41 Å². The third-order valence-electron chi connectivity index (χ3n) is 1.41. The third kappa shape index (κ3) is 3.23. The molecule has 0 aromatic carbocycles. The highest BCUT2D eigenvalue weighted by Crippen LogP contribution is 2.10. The van der Waals surface area contributed by atoms with E-state index < -0.39 is 0 Å². The highest BCUT2D eigenvalue weighted by Gasteiger charge is 2.14. The number of nitrogens with zero attached hydrogens (tertiary/aromatic N) is 2. The Labute approximate surface area is 76.9 Å². The number of H-pyrrole nitrogens is 1. The van der Waals surface area contributed by atoms with Crippen molar-refractivity contribution < 1.29 is 4.79 Å². The van der Waals surface area contributed by atoms with E-state index in [4.69, 9.17) is 0 Å². The van der Waals surface area contributed by atoms with E-state index >= 15 is 0 Å². The summed E-state index contributed by atoms with van der Waals surface area (Å²) in [7, 11) is 0. The van der Waals surface area contributed by atoms with Gasteiger partial charge in [0.1, 0.15) is 6.33 Å². The van der Waals surface area contributed by atoms with Crippen LogP contribution in [0.15, 0.2) is 6.33 Å². The van der Waals surface area contributed by atoms with Gasteiger partial charge >= 0.3 is 0 Å². The normalized spacial score (nSPS) is 11.3. The molecule has 0 aliphatic rings. The first kappa shape index (κ1) is 9.70. The van der Waals surface area contributed by atoms with Crippen molar-refractivity contribution in [2.75, 3.05) is 6.54 Å². The molecular formula is C8H14N4O. The smallest absolute Gasteiger partial charge is 0.288 e. The summed E-state index contributed by atoms with van der Waals surface area (Å²) in [5.41, 5.74) is 0.0790. The molecule has 0 bridgehead atoms. The highest BCUT2D eigenvalue weighted by atomic mass is 16.2. The van der Waals surface area contributed by atoms with Crippen LogP contribution < -0.4 is 5.32 Å². The summed E-state index contributed by atoms with van der Waals surface area (Å²) in [4.78, 5) is 15.0. The molecule has 13 heavy (non-hydrogen) atoms. The molecule has 0 saturated carbocycles. The van der Waals surface area contributed by atoms with Gasteiger partial charge in [0.25, 0.3) is 5.91 Å². The molecule has 0 aliphatic carbocycles. The Morgan fingerprint density at radius 3 is 2.77 bits per heavy atom. The Bertz CT molecular complexity index is 273. The van der Waals surface area contributed by atoms with Crippen LogP contribution in [0.5, 0.6) is 0 Å². The molecule has 0 aliphatic heterocycles. The predicted molar refractivity (Wildman–Crippen MR) is 48.2 cm³/mol. The molecule has 5 heteroatoms. The minimum Gasteiger partial charge on any atom is -0.349 e. The Morgan fingerprint density at radius 2 is 2.31 bits per heavy atom. The molecule has 2 N–H and O–H groups in total. The first-order valence-corrected chi connectivity index (χ1v) is 4.12. The molecule has 0 atom stereocenters. The highest BCUT2D eigenvalue weighted by molar-refractivity contribution is 5.90. The van der Waals surface area contributed by atoms with Crippen LogP contribution in [0.4, 0.5) is 0 Å². The van der Waals surface area contributed by atoms with E-state index in [0.29, 0.717) is 6.54 Å². The lowest BCUT2D eigenvalue weighted by atomic mass is 9.97. The predicted octanol–water partition coefficient (Wildman–Crippen LogP) is 0.581. The molecular weight excluding hydrogens is 168 g/mol. The Hall–Kier alpha value is -1.39. The van der Waals surface area contributed by atoms with Crippen LogP contribution >= 0.6 is 0 Å². The van der Waals surface area contributed by atoms with Crippen LogP contribution in [0.1, 0.15) is 31.4 Å². The van der Waals surface area contributed by atoms with Gasteiger partial charge < -0.3 is 5.32 Å². The molecule has 1 rings (SSSR count). The molecule has 1 aromatic rings. The van der Waals surface area contributed by atoms with E-state index in [1.807, 2.05) is 20.8 Å². The fraction of sp³-hybridized carbons (Fsp3) is 0.625. The van der Waals surface area contributed by atoms with Gasteiger partial charge in [0, 0.05) is 6.54 Å². The molecule has 5 nitrogen and oxygen atoms in total. The molecule has 0 spiro atoms. The summed E-state index contributed by atoms with van der Waals surface area (Å²) < 4.78 is 0. The van der Waals surface area contributed by atoms with Crippen molar-refractivity contribution in [3.05, 3.63) is 12.2 Å². The second kappa shape index (κ2) is 3.55. The third-order valence-corrected chi connectivity index (χ3v) is 1.41. The van der Waals surface area contributed by atoms with Crippen LogP contribution in [-0.2, 0) is 0 Å². The van der Waals surface area contributed by atoms with Gasteiger partial charge in [0.05, 0.1) is 0 Å². The van der Waals surface area contributed by atoms with E-state index in [1.165, 1.54) is 6.33 Å². The molecule has 0 unspecified atom stereocenters. The second-order valence-corrected chi connectivity index (χ2v) is 4.08. The number of carbonyl (C=O) groups excluding carboxylic acids is 1. The molecule has 1 heterocycles. The SMILES string of the molecule is CC(C)(C)CNC(=O)c1ncn[nH]1. The lowest BCUT2D eigenvalue weighted by Gasteiger charge is -2.17. The molecule has 0 saturated heterocycles. The number of carbonyl (C=O) groups is 1. The zero-order valence-electron chi connectivity index (χ0n) is 8.09. The zero-order chi connectivity index (χ0) is 9.90. The van der Waals surface area contributed by atoms with Gasteiger partial charge in [0.2, 0.25) is 5.82 Å². The Kier molecular flexibility index (Phi) is 2.65. The van der Waals surface area contributed by atoms with Crippen LogP contribution in [0.25, 0.3) is 0 Å². The van der Waals surface area contributed by atoms with Gasteiger partial charge in [-0.3, -0.25) is 9.89 Å². The number of hydrogen-bond donors (Lipinski definition) is 2. The Morgan fingerprint density at radius 1 is 1.62 bits per heavy atom. The molecule has 0 radical (unpaired) electrons. The first-order chi connectivity index (χ1) is 5.99. The van der Waals surface area contributed by atoms with Crippen LogP contribution in [0.3, 0.4) is 0 Å². The van der Waals surface area contributed by atoms with Gasteiger partial charge in [-0.05, 0) is 5.41 Å². The average Bonchev–Trinajstić information content (AvgIpc) is 2.50. The molecule has 1 aromatic heterocycles. The summed E-state index contributed by atoms with van der Waals surface area (Å²) in [6, 6.07) is 0. The van der Waals surface area contributed by atoms with E-state index in [2.05, 4.69) is 20.5 Å². The quantitative estimate of drug-likeness (QED) is 0.702.